The van der Waals surface area contributed by atoms with Crippen molar-refractivity contribution in [2.45, 2.75) is 35.2 Å². The van der Waals surface area contributed by atoms with Crippen LogP contribution < -0.4 is 0 Å². The Labute approximate surface area is 112 Å². The molecule has 0 amide bonds. The van der Waals surface area contributed by atoms with Crippen LogP contribution in [0.1, 0.15) is 30.9 Å². The first-order valence-electron chi connectivity index (χ1n) is 6.19. The van der Waals surface area contributed by atoms with Crippen molar-refractivity contribution in [3.05, 3.63) is 59.7 Å². The predicted molar refractivity (Wildman–Crippen MR) is 75.0 cm³/mol. The summed E-state index contributed by atoms with van der Waals surface area (Å²) in [4.78, 5) is 2.40. The van der Waals surface area contributed by atoms with Crippen LogP contribution in [0, 0.1) is 0 Å². The predicted octanol–water partition coefficient (Wildman–Crippen LogP) is 4.16. The molecule has 1 N–H and O–H groups in total. The molecule has 1 aliphatic rings. The van der Waals surface area contributed by atoms with Crippen molar-refractivity contribution in [1.29, 1.82) is 0 Å². The Morgan fingerprint density at radius 3 is 2.39 bits per heavy atom. The molecule has 2 aromatic rings. The van der Waals surface area contributed by atoms with Crippen LogP contribution >= 0.6 is 11.8 Å². The summed E-state index contributed by atoms with van der Waals surface area (Å²) in [5.41, 5.74) is 1.43. The fourth-order valence-corrected chi connectivity index (χ4v) is 3.84. The lowest BCUT2D eigenvalue weighted by molar-refractivity contribution is 0.0296. The Morgan fingerprint density at radius 2 is 1.61 bits per heavy atom. The molecule has 0 aromatic heterocycles. The zero-order valence-electron chi connectivity index (χ0n) is 10.6. The van der Waals surface area contributed by atoms with E-state index >= 15 is 0 Å². The van der Waals surface area contributed by atoms with Gasteiger partial charge in [0.25, 0.3) is 0 Å². The Hall–Kier alpha value is -1.25. The zero-order valence-corrected chi connectivity index (χ0v) is 11.4. The monoisotopic (exact) mass is 256 g/mol. The van der Waals surface area contributed by atoms with Crippen LogP contribution in [0.2, 0.25) is 0 Å². The van der Waals surface area contributed by atoms with Gasteiger partial charge < -0.3 is 5.11 Å². The van der Waals surface area contributed by atoms with Crippen LogP contribution in [0.15, 0.2) is 58.3 Å². The smallest absolute Gasteiger partial charge is 0.0945 e. The van der Waals surface area contributed by atoms with Crippen molar-refractivity contribution in [2.24, 2.45) is 0 Å². The standard InChI is InChI=1S/C16H16OS/c1-11-12-7-3-5-9-14(12)18-15-10-6-4-8-13(15)16(11,2)17/h3-11,17H,1-2H3. The molecule has 1 heterocycles. The topological polar surface area (TPSA) is 20.2 Å². The van der Waals surface area contributed by atoms with Gasteiger partial charge in [-0.2, -0.15) is 0 Å². The average molecular weight is 256 g/mol. The summed E-state index contributed by atoms with van der Waals surface area (Å²) in [5.74, 6) is 0.0878. The minimum atomic E-state index is -0.823. The molecule has 0 spiro atoms. The van der Waals surface area contributed by atoms with Crippen LogP contribution in [0.4, 0.5) is 0 Å². The molecule has 3 rings (SSSR count). The normalized spacial score (nSPS) is 26.1. The largest absolute Gasteiger partial charge is 0.385 e. The van der Waals surface area contributed by atoms with Crippen LogP contribution in [-0.4, -0.2) is 5.11 Å². The fourth-order valence-electron chi connectivity index (χ4n) is 2.56. The van der Waals surface area contributed by atoms with Gasteiger partial charge in [-0.15, -0.1) is 0 Å². The van der Waals surface area contributed by atoms with Crippen molar-refractivity contribution in [1.82, 2.24) is 0 Å². The van der Waals surface area contributed by atoms with Crippen LogP contribution in [0.5, 0.6) is 0 Å². The Morgan fingerprint density at radius 1 is 1.00 bits per heavy atom. The van der Waals surface area contributed by atoms with Crippen molar-refractivity contribution in [3.63, 3.8) is 0 Å². The molecule has 0 bridgehead atoms. The van der Waals surface area contributed by atoms with Crippen LogP contribution in [0.3, 0.4) is 0 Å². The molecule has 2 aromatic carbocycles. The van der Waals surface area contributed by atoms with Crippen molar-refractivity contribution in [2.75, 3.05) is 0 Å². The molecule has 0 radical (unpaired) electrons. The van der Waals surface area contributed by atoms with Gasteiger partial charge in [0.15, 0.2) is 0 Å². The second-order valence-corrected chi connectivity index (χ2v) is 6.09. The van der Waals surface area contributed by atoms with E-state index in [-0.39, 0.29) is 5.92 Å². The SMILES string of the molecule is CC1c2ccccc2Sc2ccccc2C1(C)O. The summed E-state index contributed by atoms with van der Waals surface area (Å²) >= 11 is 1.75. The van der Waals surface area contributed by atoms with E-state index < -0.39 is 5.60 Å². The highest BCUT2D eigenvalue weighted by atomic mass is 32.2. The average Bonchev–Trinajstić information content (AvgIpc) is 2.46. The highest BCUT2D eigenvalue weighted by Crippen LogP contribution is 2.48. The Bertz CT molecular complexity index is 589. The van der Waals surface area contributed by atoms with E-state index in [1.165, 1.54) is 10.5 Å². The fraction of sp³-hybridized carbons (Fsp3) is 0.250. The zero-order chi connectivity index (χ0) is 12.8. The van der Waals surface area contributed by atoms with Crippen LogP contribution in [0.25, 0.3) is 0 Å². The number of aliphatic hydroxyl groups is 1. The summed E-state index contributed by atoms with van der Waals surface area (Å²) in [6.45, 7) is 4.01. The summed E-state index contributed by atoms with van der Waals surface area (Å²) in [6, 6.07) is 16.5. The van der Waals surface area contributed by atoms with Gasteiger partial charge in [-0.25, -0.2) is 0 Å². The van der Waals surface area contributed by atoms with E-state index in [0.717, 1.165) is 10.5 Å². The maximum absolute atomic E-state index is 10.9. The van der Waals surface area contributed by atoms with E-state index in [9.17, 15) is 5.11 Å². The molecular weight excluding hydrogens is 240 g/mol. The Balaban J connectivity index is 2.27. The van der Waals surface area contributed by atoms with Gasteiger partial charge in [0.05, 0.1) is 5.60 Å². The molecule has 0 saturated heterocycles. The van der Waals surface area contributed by atoms with Crippen molar-refractivity contribution >= 4 is 11.8 Å². The van der Waals surface area contributed by atoms with E-state index in [0.29, 0.717) is 0 Å². The maximum Gasteiger partial charge on any atom is 0.0945 e. The second kappa shape index (κ2) is 4.15. The lowest BCUT2D eigenvalue weighted by atomic mass is 9.80. The molecule has 92 valence electrons. The van der Waals surface area contributed by atoms with Crippen molar-refractivity contribution in [3.8, 4) is 0 Å². The maximum atomic E-state index is 10.9. The van der Waals surface area contributed by atoms with E-state index in [1.807, 2.05) is 31.2 Å². The minimum Gasteiger partial charge on any atom is -0.385 e. The van der Waals surface area contributed by atoms with Gasteiger partial charge >= 0.3 is 0 Å². The molecular formula is C16H16OS. The molecule has 0 saturated carbocycles. The molecule has 18 heavy (non-hydrogen) atoms. The van der Waals surface area contributed by atoms with Gasteiger partial charge in [-0.1, -0.05) is 55.1 Å². The number of rotatable bonds is 0. The summed E-state index contributed by atoms with van der Waals surface area (Å²) in [7, 11) is 0. The quantitative estimate of drug-likeness (QED) is 0.763. The number of hydrogen-bond acceptors (Lipinski definition) is 2. The number of fused-ring (bicyclic) bond motifs is 2. The first-order chi connectivity index (χ1) is 8.60. The lowest BCUT2D eigenvalue weighted by Gasteiger charge is -2.30. The Kier molecular flexibility index (Phi) is 2.72. The van der Waals surface area contributed by atoms with Gasteiger partial charge in [-0.3, -0.25) is 0 Å². The van der Waals surface area contributed by atoms with Crippen LogP contribution in [-0.2, 0) is 5.60 Å². The van der Waals surface area contributed by atoms with E-state index in [1.54, 1.807) is 11.8 Å². The lowest BCUT2D eigenvalue weighted by Crippen LogP contribution is -2.28. The van der Waals surface area contributed by atoms with Gasteiger partial charge in [0, 0.05) is 15.7 Å². The molecule has 0 aliphatic carbocycles. The van der Waals surface area contributed by atoms with Gasteiger partial charge in [-0.05, 0) is 30.2 Å². The van der Waals surface area contributed by atoms with Gasteiger partial charge in [0.2, 0.25) is 0 Å². The molecule has 0 fully saturated rings. The molecule has 2 unspecified atom stereocenters. The third kappa shape index (κ3) is 1.68. The minimum absolute atomic E-state index is 0.0878. The highest BCUT2D eigenvalue weighted by Gasteiger charge is 2.37. The molecule has 2 heteroatoms. The van der Waals surface area contributed by atoms with E-state index in [2.05, 4.69) is 31.2 Å². The van der Waals surface area contributed by atoms with Crippen molar-refractivity contribution < 1.29 is 5.11 Å². The second-order valence-electron chi connectivity index (χ2n) is 5.01. The molecule has 1 aliphatic heterocycles. The summed E-state index contributed by atoms with van der Waals surface area (Å²) in [6.07, 6.45) is 0. The summed E-state index contributed by atoms with van der Waals surface area (Å²) in [5, 5.41) is 10.9. The molecule has 2 atom stereocenters. The third-order valence-electron chi connectivity index (χ3n) is 3.88. The summed E-state index contributed by atoms with van der Waals surface area (Å²) < 4.78 is 0. The van der Waals surface area contributed by atoms with E-state index in [4.69, 9.17) is 0 Å². The first-order valence-corrected chi connectivity index (χ1v) is 7.01. The first kappa shape index (κ1) is 11.8. The van der Waals surface area contributed by atoms with Gasteiger partial charge in [0.1, 0.15) is 0 Å². The number of hydrogen-bond donors (Lipinski definition) is 1. The number of benzene rings is 2. The highest BCUT2D eigenvalue weighted by molar-refractivity contribution is 7.99. The molecule has 1 nitrogen and oxygen atoms in total. The third-order valence-corrected chi connectivity index (χ3v) is 5.05.